The van der Waals surface area contributed by atoms with Gasteiger partial charge in [-0.1, -0.05) is 19.8 Å². The fraction of sp³-hybridized carbons (Fsp3) is 0.370. The second-order valence-corrected chi connectivity index (χ2v) is 8.62. The van der Waals surface area contributed by atoms with Crippen LogP contribution in [0.1, 0.15) is 55.1 Å². The van der Waals surface area contributed by atoms with E-state index in [-0.39, 0.29) is 5.91 Å². The van der Waals surface area contributed by atoms with Crippen molar-refractivity contribution in [2.75, 3.05) is 35.2 Å². The molecule has 0 spiro atoms. The summed E-state index contributed by atoms with van der Waals surface area (Å²) in [4.78, 5) is 24.1. The molecule has 7 heteroatoms. The second kappa shape index (κ2) is 11.5. The molecule has 1 aliphatic heterocycles. The van der Waals surface area contributed by atoms with Crippen molar-refractivity contribution in [1.82, 2.24) is 9.97 Å². The largest absolute Gasteiger partial charge is 0.494 e. The van der Waals surface area contributed by atoms with E-state index in [2.05, 4.69) is 32.4 Å². The van der Waals surface area contributed by atoms with Gasteiger partial charge in [-0.3, -0.25) is 4.79 Å². The van der Waals surface area contributed by atoms with Gasteiger partial charge in [0.25, 0.3) is 5.91 Å². The van der Waals surface area contributed by atoms with Crippen molar-refractivity contribution < 1.29 is 9.53 Å². The van der Waals surface area contributed by atoms with Crippen molar-refractivity contribution in [3.05, 3.63) is 65.9 Å². The van der Waals surface area contributed by atoms with Crippen molar-refractivity contribution in [2.45, 2.75) is 46.0 Å². The molecule has 1 saturated heterocycles. The Hall–Kier alpha value is -3.61. The van der Waals surface area contributed by atoms with E-state index >= 15 is 0 Å². The summed E-state index contributed by atoms with van der Waals surface area (Å²) in [6.45, 7) is 6.93. The maximum atomic E-state index is 12.6. The number of benzene rings is 2. The quantitative estimate of drug-likeness (QED) is 0.365. The van der Waals surface area contributed by atoms with Crippen molar-refractivity contribution >= 4 is 29.0 Å². The zero-order valence-electron chi connectivity index (χ0n) is 20.0. The first-order chi connectivity index (χ1) is 16.6. The van der Waals surface area contributed by atoms with Gasteiger partial charge in [0.2, 0.25) is 5.95 Å². The zero-order chi connectivity index (χ0) is 23.8. The number of aryl methyl sites for hydroxylation is 1. The molecule has 0 radical (unpaired) electrons. The molecule has 0 aliphatic carbocycles. The molecular weight excluding hydrogens is 426 g/mol. The second-order valence-electron chi connectivity index (χ2n) is 8.62. The summed E-state index contributed by atoms with van der Waals surface area (Å²) in [7, 11) is 0. The first-order valence-electron chi connectivity index (χ1n) is 12.1. The van der Waals surface area contributed by atoms with Crippen LogP contribution in [0, 0.1) is 6.92 Å². The maximum Gasteiger partial charge on any atom is 0.255 e. The molecule has 1 aliphatic rings. The number of carbonyl (C=O) groups excluding carboxylic acids is 1. The lowest BCUT2D eigenvalue weighted by Gasteiger charge is -2.17. The van der Waals surface area contributed by atoms with Crippen LogP contribution in [-0.4, -0.2) is 35.6 Å². The Balaban J connectivity index is 1.32. The molecule has 0 saturated carbocycles. The Kier molecular flexibility index (Phi) is 7.96. The molecule has 1 amide bonds. The van der Waals surface area contributed by atoms with Crippen LogP contribution in [0.3, 0.4) is 0 Å². The molecular formula is C27H33N5O2. The van der Waals surface area contributed by atoms with Crippen molar-refractivity contribution in [1.29, 1.82) is 0 Å². The molecule has 1 aromatic heterocycles. The molecule has 3 aromatic rings. The predicted molar refractivity (Wildman–Crippen MR) is 137 cm³/mol. The van der Waals surface area contributed by atoms with Crippen LogP contribution in [0.15, 0.2) is 54.6 Å². The van der Waals surface area contributed by atoms with Crippen LogP contribution >= 0.6 is 0 Å². The molecule has 0 unspecified atom stereocenters. The van der Waals surface area contributed by atoms with Gasteiger partial charge in [0.1, 0.15) is 11.6 Å². The first-order valence-corrected chi connectivity index (χ1v) is 12.1. The molecule has 34 heavy (non-hydrogen) atoms. The lowest BCUT2D eigenvalue weighted by molar-refractivity contribution is 0.102. The van der Waals surface area contributed by atoms with Crippen molar-refractivity contribution in [3.8, 4) is 5.75 Å². The smallest absolute Gasteiger partial charge is 0.255 e. The average Bonchev–Trinajstić information content (AvgIpc) is 3.38. The highest BCUT2D eigenvalue weighted by Crippen LogP contribution is 2.23. The van der Waals surface area contributed by atoms with Gasteiger partial charge in [0, 0.05) is 41.8 Å². The van der Waals surface area contributed by atoms with Crippen LogP contribution in [-0.2, 0) is 0 Å². The number of ether oxygens (including phenoxy) is 1. The minimum absolute atomic E-state index is 0.157. The number of hydrogen-bond donors (Lipinski definition) is 2. The number of nitrogens with one attached hydrogen (secondary N) is 2. The van der Waals surface area contributed by atoms with Crippen LogP contribution in [0.25, 0.3) is 0 Å². The van der Waals surface area contributed by atoms with Gasteiger partial charge >= 0.3 is 0 Å². The van der Waals surface area contributed by atoms with Gasteiger partial charge in [0.15, 0.2) is 0 Å². The van der Waals surface area contributed by atoms with E-state index in [0.717, 1.165) is 54.6 Å². The summed E-state index contributed by atoms with van der Waals surface area (Å²) in [5, 5.41) is 6.21. The lowest BCUT2D eigenvalue weighted by Crippen LogP contribution is -2.19. The highest BCUT2D eigenvalue weighted by atomic mass is 16.5. The molecule has 2 heterocycles. The fourth-order valence-electron chi connectivity index (χ4n) is 3.93. The van der Waals surface area contributed by atoms with Crippen LogP contribution < -0.4 is 20.3 Å². The normalized spacial score (nSPS) is 13.1. The molecule has 178 valence electrons. The number of amides is 1. The van der Waals surface area contributed by atoms with Crippen molar-refractivity contribution in [2.24, 2.45) is 0 Å². The SMILES string of the molecule is CCCCCOc1ccc(C(=O)Nc2ccc(Nc3nc(C)cc(N4CCCC4)n3)cc2)cc1. The van der Waals surface area contributed by atoms with E-state index < -0.39 is 0 Å². The Labute approximate surface area is 201 Å². The topological polar surface area (TPSA) is 79.4 Å². The number of carbonyl (C=O) groups is 1. The van der Waals surface area contributed by atoms with Gasteiger partial charge in [-0.2, -0.15) is 4.98 Å². The monoisotopic (exact) mass is 459 g/mol. The van der Waals surface area contributed by atoms with Gasteiger partial charge in [-0.25, -0.2) is 4.98 Å². The Bertz CT molecular complexity index is 1080. The van der Waals surface area contributed by atoms with Gasteiger partial charge < -0.3 is 20.3 Å². The number of unbranched alkanes of at least 4 members (excludes halogenated alkanes) is 2. The molecule has 2 N–H and O–H groups in total. The van der Waals surface area contributed by atoms with E-state index in [0.29, 0.717) is 18.1 Å². The summed E-state index contributed by atoms with van der Waals surface area (Å²) >= 11 is 0. The summed E-state index contributed by atoms with van der Waals surface area (Å²) < 4.78 is 5.72. The molecule has 1 fully saturated rings. The summed E-state index contributed by atoms with van der Waals surface area (Å²) in [5.74, 6) is 2.18. The molecule has 2 aromatic carbocycles. The third-order valence-electron chi connectivity index (χ3n) is 5.80. The van der Waals surface area contributed by atoms with Crippen LogP contribution in [0.4, 0.5) is 23.1 Å². The summed E-state index contributed by atoms with van der Waals surface area (Å²) in [6, 6.07) is 16.8. The van der Waals surface area contributed by atoms with E-state index in [9.17, 15) is 4.79 Å². The number of nitrogens with zero attached hydrogens (tertiary/aromatic N) is 3. The summed E-state index contributed by atoms with van der Waals surface area (Å²) in [5.41, 5.74) is 3.10. The number of rotatable bonds is 10. The Morgan fingerprint density at radius 1 is 0.971 bits per heavy atom. The minimum Gasteiger partial charge on any atom is -0.494 e. The van der Waals surface area contributed by atoms with Crippen molar-refractivity contribution in [3.63, 3.8) is 0 Å². The Morgan fingerprint density at radius 3 is 2.38 bits per heavy atom. The minimum atomic E-state index is -0.157. The highest BCUT2D eigenvalue weighted by molar-refractivity contribution is 6.04. The number of hydrogen-bond acceptors (Lipinski definition) is 6. The number of aromatic nitrogens is 2. The van der Waals surface area contributed by atoms with E-state index in [1.54, 1.807) is 12.1 Å². The maximum absolute atomic E-state index is 12.6. The fourth-order valence-corrected chi connectivity index (χ4v) is 3.93. The van der Waals surface area contributed by atoms with Crippen LogP contribution in [0.5, 0.6) is 5.75 Å². The van der Waals surface area contributed by atoms with E-state index in [1.807, 2.05) is 49.4 Å². The first kappa shape index (κ1) is 23.5. The standard InChI is InChI=1S/C27H33N5O2/c1-3-4-7-18-34-24-14-8-21(9-15-24)26(33)29-22-10-12-23(13-11-22)30-27-28-20(2)19-25(31-27)32-16-5-6-17-32/h8-15,19H,3-7,16-18H2,1-2H3,(H,29,33)(H,28,30,31). The predicted octanol–water partition coefficient (Wildman–Crippen LogP) is 5.95. The van der Waals surface area contributed by atoms with Gasteiger partial charge in [-0.15, -0.1) is 0 Å². The van der Waals surface area contributed by atoms with Gasteiger partial charge in [-0.05, 0) is 74.7 Å². The molecule has 0 bridgehead atoms. The van der Waals surface area contributed by atoms with E-state index in [1.165, 1.54) is 19.3 Å². The zero-order valence-corrected chi connectivity index (χ0v) is 20.0. The van der Waals surface area contributed by atoms with E-state index in [4.69, 9.17) is 4.74 Å². The molecule has 7 nitrogen and oxygen atoms in total. The lowest BCUT2D eigenvalue weighted by atomic mass is 10.2. The highest BCUT2D eigenvalue weighted by Gasteiger charge is 2.15. The average molecular weight is 460 g/mol. The molecule has 4 rings (SSSR count). The third-order valence-corrected chi connectivity index (χ3v) is 5.80. The summed E-state index contributed by atoms with van der Waals surface area (Å²) in [6.07, 6.45) is 5.77. The Morgan fingerprint density at radius 2 is 1.68 bits per heavy atom. The van der Waals surface area contributed by atoms with Gasteiger partial charge in [0.05, 0.1) is 6.61 Å². The number of anilines is 4. The third kappa shape index (κ3) is 6.47. The molecule has 0 atom stereocenters. The van der Waals surface area contributed by atoms with Crippen LogP contribution in [0.2, 0.25) is 0 Å².